The summed E-state index contributed by atoms with van der Waals surface area (Å²) < 4.78 is 0. The molecule has 3 nitrogen and oxygen atoms in total. The molecule has 0 aromatic rings. The van der Waals surface area contributed by atoms with Crippen molar-refractivity contribution in [1.82, 2.24) is 5.32 Å². The van der Waals surface area contributed by atoms with Crippen molar-refractivity contribution in [3.8, 4) is 0 Å². The van der Waals surface area contributed by atoms with Gasteiger partial charge in [-0.3, -0.25) is 9.59 Å². The molecule has 0 amide bonds. The van der Waals surface area contributed by atoms with Crippen LogP contribution in [0.25, 0.3) is 0 Å². The maximum absolute atomic E-state index is 12.7. The molecule has 0 unspecified atom stereocenters. The maximum atomic E-state index is 12.7. The monoisotopic (exact) mass is 287 g/mol. The van der Waals surface area contributed by atoms with Crippen LogP contribution in [-0.2, 0) is 9.59 Å². The number of rotatable bonds is 0. The molecule has 0 aromatic carbocycles. The Labute approximate surface area is 126 Å². The molecule has 0 radical (unpaired) electrons. The van der Waals surface area contributed by atoms with E-state index >= 15 is 0 Å². The summed E-state index contributed by atoms with van der Waals surface area (Å²) in [5.41, 5.74) is 3.85. The number of allylic oxidation sites excluding steroid dienone is 3. The number of Topliss-reactive ketones (excluding diaryl/α,β-unsaturated/α-hetero) is 2. The average molecular weight is 287 g/mol. The zero-order chi connectivity index (χ0) is 15.6. The predicted molar refractivity (Wildman–Crippen MR) is 82.7 cm³/mol. The second-order valence-corrected chi connectivity index (χ2v) is 8.39. The first kappa shape index (κ1) is 14.6. The number of carbonyl (C=O) groups is 2. The van der Waals surface area contributed by atoms with Gasteiger partial charge in [0.15, 0.2) is 11.6 Å². The lowest BCUT2D eigenvalue weighted by Gasteiger charge is -2.45. The molecular weight excluding hydrogens is 262 g/mol. The summed E-state index contributed by atoms with van der Waals surface area (Å²) in [7, 11) is 0. The van der Waals surface area contributed by atoms with Crippen molar-refractivity contribution >= 4 is 11.6 Å². The highest BCUT2D eigenvalue weighted by Crippen LogP contribution is 2.49. The zero-order valence-corrected chi connectivity index (χ0v) is 13.7. The van der Waals surface area contributed by atoms with Crippen LogP contribution in [0.5, 0.6) is 0 Å². The van der Waals surface area contributed by atoms with Gasteiger partial charge in [-0.1, -0.05) is 19.4 Å². The van der Waals surface area contributed by atoms with Gasteiger partial charge >= 0.3 is 0 Å². The van der Waals surface area contributed by atoms with Gasteiger partial charge < -0.3 is 5.32 Å². The van der Waals surface area contributed by atoms with E-state index in [9.17, 15) is 9.59 Å². The van der Waals surface area contributed by atoms with Crippen molar-refractivity contribution in [2.75, 3.05) is 0 Å². The van der Waals surface area contributed by atoms with E-state index in [0.717, 1.165) is 35.3 Å². The van der Waals surface area contributed by atoms with Crippen molar-refractivity contribution in [3.63, 3.8) is 0 Å². The van der Waals surface area contributed by atoms with E-state index in [4.69, 9.17) is 0 Å². The molecule has 21 heavy (non-hydrogen) atoms. The number of ketones is 2. The van der Waals surface area contributed by atoms with Gasteiger partial charge in [-0.2, -0.15) is 0 Å². The molecule has 0 aromatic heterocycles. The molecule has 1 N–H and O–H groups in total. The topological polar surface area (TPSA) is 46.2 Å². The van der Waals surface area contributed by atoms with Crippen molar-refractivity contribution in [2.45, 2.75) is 65.8 Å². The third-order valence-corrected chi connectivity index (χ3v) is 5.01. The second-order valence-electron chi connectivity index (χ2n) is 8.39. The Morgan fingerprint density at radius 2 is 1.62 bits per heavy atom. The second kappa shape index (κ2) is 4.31. The Morgan fingerprint density at radius 1 is 1.00 bits per heavy atom. The van der Waals surface area contributed by atoms with E-state index in [1.165, 1.54) is 0 Å². The van der Waals surface area contributed by atoms with Crippen LogP contribution in [0.15, 0.2) is 22.4 Å². The van der Waals surface area contributed by atoms with E-state index in [2.05, 4.69) is 39.9 Å². The molecule has 1 heterocycles. The van der Waals surface area contributed by atoms with Crippen LogP contribution in [0.4, 0.5) is 0 Å². The van der Waals surface area contributed by atoms with E-state index in [0.29, 0.717) is 12.8 Å². The summed E-state index contributed by atoms with van der Waals surface area (Å²) in [6.07, 6.45) is 2.75. The summed E-state index contributed by atoms with van der Waals surface area (Å²) in [6.45, 7) is 10.5. The highest BCUT2D eigenvalue weighted by Gasteiger charge is 2.46. The number of fused-ring (bicyclic) bond motifs is 2. The highest BCUT2D eigenvalue weighted by molar-refractivity contribution is 6.05. The number of carbonyl (C=O) groups excluding carboxylic acids is 2. The first-order valence-electron chi connectivity index (χ1n) is 7.87. The normalized spacial score (nSPS) is 30.8. The quantitative estimate of drug-likeness (QED) is 0.743. The van der Waals surface area contributed by atoms with Gasteiger partial charge in [-0.05, 0) is 32.6 Å². The van der Waals surface area contributed by atoms with Gasteiger partial charge in [-0.25, -0.2) is 0 Å². The minimum absolute atomic E-state index is 0.0149. The molecule has 1 aliphatic heterocycles. The Bertz CT molecular complexity index is 605. The van der Waals surface area contributed by atoms with Crippen LogP contribution in [0, 0.1) is 11.3 Å². The summed E-state index contributed by atoms with van der Waals surface area (Å²) in [6, 6.07) is 0. The molecule has 0 bridgehead atoms. The molecule has 1 atom stereocenters. The SMILES string of the molecule is CC1=C2C(=O)CC(C)(C)C[C@H]2C2=C(C1)NC(C)(C)CC2=O. The molecule has 0 spiro atoms. The van der Waals surface area contributed by atoms with E-state index < -0.39 is 0 Å². The predicted octanol–water partition coefficient (Wildman–Crippen LogP) is 3.31. The van der Waals surface area contributed by atoms with Gasteiger partial charge in [0.2, 0.25) is 0 Å². The molecule has 0 saturated heterocycles. The van der Waals surface area contributed by atoms with Gasteiger partial charge in [-0.15, -0.1) is 0 Å². The summed E-state index contributed by atoms with van der Waals surface area (Å²) in [4.78, 5) is 25.2. The number of hydrogen-bond acceptors (Lipinski definition) is 3. The van der Waals surface area contributed by atoms with Crippen LogP contribution in [-0.4, -0.2) is 17.1 Å². The molecule has 3 heteroatoms. The fraction of sp³-hybridized carbons (Fsp3) is 0.667. The minimum atomic E-state index is -0.179. The molecular formula is C18H25NO2. The summed E-state index contributed by atoms with van der Waals surface area (Å²) in [5, 5.41) is 3.54. The molecule has 1 saturated carbocycles. The maximum Gasteiger partial charge on any atom is 0.163 e. The van der Waals surface area contributed by atoms with Gasteiger partial charge in [0, 0.05) is 47.6 Å². The first-order chi connectivity index (χ1) is 9.60. The largest absolute Gasteiger partial charge is 0.382 e. The summed E-state index contributed by atoms with van der Waals surface area (Å²) in [5.74, 6) is 0.494. The Morgan fingerprint density at radius 3 is 2.29 bits per heavy atom. The van der Waals surface area contributed by atoms with Crippen LogP contribution >= 0.6 is 0 Å². The lowest BCUT2D eigenvalue weighted by atomic mass is 9.62. The first-order valence-corrected chi connectivity index (χ1v) is 7.87. The Hall–Kier alpha value is -1.38. The van der Waals surface area contributed by atoms with Crippen molar-refractivity contribution < 1.29 is 9.59 Å². The Kier molecular flexibility index (Phi) is 2.99. The molecule has 114 valence electrons. The minimum Gasteiger partial charge on any atom is -0.382 e. The smallest absolute Gasteiger partial charge is 0.163 e. The van der Waals surface area contributed by atoms with Gasteiger partial charge in [0.25, 0.3) is 0 Å². The van der Waals surface area contributed by atoms with Gasteiger partial charge in [0.05, 0.1) is 0 Å². The van der Waals surface area contributed by atoms with E-state index in [-0.39, 0.29) is 28.4 Å². The third kappa shape index (κ3) is 2.37. The standard InChI is InChI=1S/C18H25NO2/c1-10-6-12-16(14(21)9-18(4,5)19-12)11-7-17(2,3)8-13(20)15(10)11/h11,19H,6-9H2,1-5H3/t11-/m1/s1. The number of hydrogen-bond donors (Lipinski definition) is 1. The number of nitrogens with one attached hydrogen (secondary N) is 1. The van der Waals surface area contributed by atoms with Crippen molar-refractivity contribution in [1.29, 1.82) is 0 Å². The van der Waals surface area contributed by atoms with Crippen LogP contribution in [0.3, 0.4) is 0 Å². The van der Waals surface area contributed by atoms with Crippen molar-refractivity contribution in [2.24, 2.45) is 11.3 Å². The highest BCUT2D eigenvalue weighted by atomic mass is 16.1. The zero-order valence-electron chi connectivity index (χ0n) is 13.7. The average Bonchev–Trinajstić information content (AvgIpc) is 2.22. The molecule has 3 rings (SSSR count). The van der Waals surface area contributed by atoms with Crippen LogP contribution < -0.4 is 5.32 Å². The lowest BCUT2D eigenvalue weighted by molar-refractivity contribution is -0.120. The third-order valence-electron chi connectivity index (χ3n) is 5.01. The molecule has 2 aliphatic carbocycles. The molecule has 3 aliphatic rings. The van der Waals surface area contributed by atoms with Crippen molar-refractivity contribution in [3.05, 3.63) is 22.4 Å². The van der Waals surface area contributed by atoms with E-state index in [1.807, 2.05) is 0 Å². The fourth-order valence-corrected chi connectivity index (χ4v) is 4.32. The van der Waals surface area contributed by atoms with Gasteiger partial charge in [0.1, 0.15) is 0 Å². The van der Waals surface area contributed by atoms with Crippen LogP contribution in [0.1, 0.15) is 60.3 Å². The van der Waals surface area contributed by atoms with E-state index in [1.54, 1.807) is 0 Å². The summed E-state index contributed by atoms with van der Waals surface area (Å²) >= 11 is 0. The fourth-order valence-electron chi connectivity index (χ4n) is 4.32. The Balaban J connectivity index is 2.09. The van der Waals surface area contributed by atoms with Crippen LogP contribution in [0.2, 0.25) is 0 Å². The molecule has 1 fully saturated rings. The lowest BCUT2D eigenvalue weighted by Crippen LogP contribution is -2.49.